The minimum Gasteiger partial charge on any atom is -0.481 e. The smallest absolute Gasteiger partial charge is 0.188 e. The fourth-order valence-corrected chi connectivity index (χ4v) is 3.21. The van der Waals surface area contributed by atoms with Crippen molar-refractivity contribution in [2.75, 3.05) is 6.61 Å². The molecule has 2 rings (SSSR count). The van der Waals surface area contributed by atoms with Crippen LogP contribution in [0.4, 0.5) is 0 Å². The first-order valence-electron chi connectivity index (χ1n) is 9.93. The molecule has 1 N–H and O–H groups in total. The molecule has 3 heteroatoms. The van der Waals surface area contributed by atoms with E-state index in [0.717, 1.165) is 12.0 Å². The average molecular weight is 402 g/mol. The molecule has 0 aliphatic carbocycles. The second-order valence-electron chi connectivity index (χ2n) is 9.37. The zero-order valence-electron chi connectivity index (χ0n) is 18.4. The maximum atomic E-state index is 8.43. The number of nitrogens with one attached hydrogen (secondary N) is 1. The lowest BCUT2D eigenvalue weighted by atomic mass is 9.83. The molecule has 0 saturated heterocycles. The van der Waals surface area contributed by atoms with Gasteiger partial charge in [-0.15, -0.1) is 12.4 Å². The van der Waals surface area contributed by atoms with Crippen LogP contribution in [0.2, 0.25) is 0 Å². The van der Waals surface area contributed by atoms with Crippen molar-refractivity contribution in [3.8, 4) is 0 Å². The highest BCUT2D eigenvalue weighted by Gasteiger charge is 2.21. The summed E-state index contributed by atoms with van der Waals surface area (Å²) in [5.74, 6) is 0.292. The molecule has 0 heterocycles. The Balaban J connectivity index is 0.00000392. The number of ether oxygens (including phenoxy) is 1. The summed E-state index contributed by atoms with van der Waals surface area (Å²) >= 11 is 0. The summed E-state index contributed by atoms with van der Waals surface area (Å²) in [6, 6.07) is 17.5. The molecular weight excluding hydrogens is 366 g/mol. The summed E-state index contributed by atoms with van der Waals surface area (Å²) in [6.07, 6.45) is 0.776. The molecule has 2 aromatic rings. The standard InChI is InChI=1S/C25H35NO.ClH/c1-8-27-23(26)22(19-11-15-21(16-12-19)25(5,6)7)17-18-9-13-20(14-10-18)24(2,3)4;/h9-16,22,26H,8,17H2,1-7H3;1H. The summed E-state index contributed by atoms with van der Waals surface area (Å²) in [4.78, 5) is 0. The second kappa shape index (κ2) is 9.60. The zero-order chi connectivity index (χ0) is 20.2. The summed E-state index contributed by atoms with van der Waals surface area (Å²) < 4.78 is 5.59. The molecule has 0 bridgehead atoms. The van der Waals surface area contributed by atoms with Crippen LogP contribution in [-0.4, -0.2) is 12.5 Å². The maximum absolute atomic E-state index is 8.43. The van der Waals surface area contributed by atoms with E-state index in [0.29, 0.717) is 12.5 Å². The molecule has 28 heavy (non-hydrogen) atoms. The number of hydrogen-bond donors (Lipinski definition) is 1. The molecule has 2 aromatic carbocycles. The van der Waals surface area contributed by atoms with Gasteiger partial charge in [-0.3, -0.25) is 5.41 Å². The summed E-state index contributed by atoms with van der Waals surface area (Å²) in [5.41, 5.74) is 5.29. The monoisotopic (exact) mass is 401 g/mol. The molecule has 0 radical (unpaired) electrons. The van der Waals surface area contributed by atoms with Crippen LogP contribution in [0.3, 0.4) is 0 Å². The van der Waals surface area contributed by atoms with Gasteiger partial charge in [0.1, 0.15) is 0 Å². The van der Waals surface area contributed by atoms with Gasteiger partial charge in [0.25, 0.3) is 0 Å². The Bertz CT molecular complexity index is 749. The molecule has 0 aromatic heterocycles. The Morgan fingerprint density at radius 3 is 1.64 bits per heavy atom. The van der Waals surface area contributed by atoms with E-state index in [9.17, 15) is 0 Å². The Kier molecular flexibility index (Phi) is 8.31. The number of benzene rings is 2. The topological polar surface area (TPSA) is 33.1 Å². The predicted octanol–water partition coefficient (Wildman–Crippen LogP) is 7.04. The lowest BCUT2D eigenvalue weighted by molar-refractivity contribution is 0.307. The van der Waals surface area contributed by atoms with Crippen molar-refractivity contribution in [3.63, 3.8) is 0 Å². The molecule has 2 nitrogen and oxygen atoms in total. The van der Waals surface area contributed by atoms with Crippen LogP contribution in [0.25, 0.3) is 0 Å². The second-order valence-corrected chi connectivity index (χ2v) is 9.37. The third kappa shape index (κ3) is 6.38. The highest BCUT2D eigenvalue weighted by molar-refractivity contribution is 5.85. The van der Waals surface area contributed by atoms with Crippen LogP contribution in [0.5, 0.6) is 0 Å². The van der Waals surface area contributed by atoms with Gasteiger partial charge in [-0.2, -0.15) is 0 Å². The van der Waals surface area contributed by atoms with Crippen LogP contribution in [-0.2, 0) is 22.0 Å². The van der Waals surface area contributed by atoms with Crippen LogP contribution in [0.1, 0.15) is 76.6 Å². The van der Waals surface area contributed by atoms with Crippen LogP contribution in [0.15, 0.2) is 48.5 Å². The molecule has 1 atom stereocenters. The number of rotatable bonds is 5. The van der Waals surface area contributed by atoms with E-state index in [1.807, 2.05) is 6.92 Å². The van der Waals surface area contributed by atoms with Gasteiger partial charge >= 0.3 is 0 Å². The Morgan fingerprint density at radius 1 is 0.821 bits per heavy atom. The maximum Gasteiger partial charge on any atom is 0.188 e. The van der Waals surface area contributed by atoms with E-state index < -0.39 is 0 Å². The van der Waals surface area contributed by atoms with Gasteiger partial charge in [-0.1, -0.05) is 90.1 Å². The van der Waals surface area contributed by atoms with Gasteiger partial charge in [0.2, 0.25) is 0 Å². The van der Waals surface area contributed by atoms with E-state index >= 15 is 0 Å². The largest absolute Gasteiger partial charge is 0.481 e. The summed E-state index contributed by atoms with van der Waals surface area (Å²) in [7, 11) is 0. The fraction of sp³-hybridized carbons (Fsp3) is 0.480. The fourth-order valence-electron chi connectivity index (χ4n) is 3.21. The lowest BCUT2D eigenvalue weighted by Crippen LogP contribution is -2.18. The van der Waals surface area contributed by atoms with Crippen molar-refractivity contribution in [1.82, 2.24) is 0 Å². The molecule has 0 fully saturated rings. The predicted molar refractivity (Wildman–Crippen MR) is 123 cm³/mol. The van der Waals surface area contributed by atoms with Gasteiger partial charge in [0, 0.05) is 0 Å². The molecular formula is C25H36ClNO. The Morgan fingerprint density at radius 2 is 1.25 bits per heavy atom. The quantitative estimate of drug-likeness (QED) is 0.422. The third-order valence-electron chi connectivity index (χ3n) is 5.06. The molecule has 0 aliphatic rings. The first-order valence-corrected chi connectivity index (χ1v) is 9.93. The van der Waals surface area contributed by atoms with Crippen molar-refractivity contribution in [3.05, 3.63) is 70.8 Å². The molecule has 0 amide bonds. The van der Waals surface area contributed by atoms with E-state index in [2.05, 4.69) is 90.1 Å². The Hall–Kier alpha value is -1.80. The number of halogens is 1. The van der Waals surface area contributed by atoms with Gasteiger partial charge in [0.05, 0.1) is 12.5 Å². The molecule has 0 saturated carbocycles. The minimum atomic E-state index is -0.0561. The van der Waals surface area contributed by atoms with Crippen LogP contribution in [0, 0.1) is 5.41 Å². The van der Waals surface area contributed by atoms with Gasteiger partial charge < -0.3 is 4.74 Å². The summed E-state index contributed by atoms with van der Waals surface area (Å²) in [6.45, 7) is 15.8. The minimum absolute atomic E-state index is 0. The average Bonchev–Trinajstić information content (AvgIpc) is 2.59. The van der Waals surface area contributed by atoms with Crippen molar-refractivity contribution in [1.29, 1.82) is 5.41 Å². The van der Waals surface area contributed by atoms with Crippen molar-refractivity contribution in [2.45, 2.75) is 71.6 Å². The molecule has 1 unspecified atom stereocenters. The van der Waals surface area contributed by atoms with Gasteiger partial charge in [0.15, 0.2) is 5.90 Å². The van der Waals surface area contributed by atoms with E-state index in [1.54, 1.807) is 0 Å². The molecule has 154 valence electrons. The zero-order valence-corrected chi connectivity index (χ0v) is 19.2. The summed E-state index contributed by atoms with van der Waals surface area (Å²) in [5, 5.41) is 8.43. The van der Waals surface area contributed by atoms with Gasteiger partial charge in [-0.05, 0) is 46.4 Å². The van der Waals surface area contributed by atoms with Crippen molar-refractivity contribution >= 4 is 18.3 Å². The normalized spacial score (nSPS) is 12.8. The highest BCUT2D eigenvalue weighted by Crippen LogP contribution is 2.28. The third-order valence-corrected chi connectivity index (χ3v) is 5.06. The van der Waals surface area contributed by atoms with Crippen LogP contribution >= 0.6 is 12.4 Å². The molecule has 0 spiro atoms. The lowest BCUT2D eigenvalue weighted by Gasteiger charge is -2.23. The number of hydrogen-bond acceptors (Lipinski definition) is 2. The van der Waals surface area contributed by atoms with E-state index in [1.165, 1.54) is 16.7 Å². The first kappa shape index (κ1) is 24.2. The van der Waals surface area contributed by atoms with Gasteiger partial charge in [-0.25, -0.2) is 0 Å². The highest BCUT2D eigenvalue weighted by atomic mass is 35.5. The SMILES string of the molecule is CCOC(=N)C(Cc1ccc(C(C)(C)C)cc1)c1ccc(C(C)(C)C)cc1.Cl. The first-order chi connectivity index (χ1) is 12.5. The van der Waals surface area contributed by atoms with Crippen molar-refractivity contribution in [2.24, 2.45) is 0 Å². The van der Waals surface area contributed by atoms with Crippen molar-refractivity contribution < 1.29 is 4.74 Å². The molecule has 0 aliphatic heterocycles. The van der Waals surface area contributed by atoms with E-state index in [-0.39, 0.29) is 29.2 Å². The van der Waals surface area contributed by atoms with E-state index in [4.69, 9.17) is 10.1 Å². The van der Waals surface area contributed by atoms with Crippen LogP contribution < -0.4 is 0 Å². The Labute approximate surface area is 177 Å².